The topological polar surface area (TPSA) is 69.0 Å². The lowest BCUT2D eigenvalue weighted by molar-refractivity contribution is -0.118. The first-order chi connectivity index (χ1) is 14.0. The molecule has 0 bridgehead atoms. The largest absolute Gasteiger partial charge is 0.380 e. The fourth-order valence-corrected chi connectivity index (χ4v) is 2.81. The van der Waals surface area contributed by atoms with Crippen molar-refractivity contribution in [1.82, 2.24) is 14.8 Å². The number of halogens is 1. The van der Waals surface area contributed by atoms with Gasteiger partial charge < -0.3 is 10.1 Å². The van der Waals surface area contributed by atoms with E-state index in [4.69, 9.17) is 4.74 Å². The van der Waals surface area contributed by atoms with Crippen LogP contribution >= 0.6 is 0 Å². The summed E-state index contributed by atoms with van der Waals surface area (Å²) in [7, 11) is 0. The minimum absolute atomic E-state index is 0.0965. The van der Waals surface area contributed by atoms with Gasteiger partial charge in [-0.3, -0.25) is 9.48 Å². The number of carbonyl (C=O) groups excluding carboxylic acids is 1. The van der Waals surface area contributed by atoms with E-state index < -0.39 is 0 Å². The highest BCUT2D eigenvalue weighted by Gasteiger charge is 2.15. The third-order valence-corrected chi connectivity index (χ3v) is 4.39. The predicted molar refractivity (Wildman–Crippen MR) is 111 cm³/mol. The molecular formula is C22H25FN4O2. The molecule has 0 radical (unpaired) electrons. The molecule has 0 fully saturated rings. The van der Waals surface area contributed by atoms with Gasteiger partial charge in [-0.15, -0.1) is 0 Å². The van der Waals surface area contributed by atoms with Crippen molar-refractivity contribution in [1.29, 1.82) is 0 Å². The number of rotatable bonds is 8. The zero-order valence-electron chi connectivity index (χ0n) is 16.9. The molecule has 3 aromatic rings. The van der Waals surface area contributed by atoms with Gasteiger partial charge in [-0.2, -0.15) is 5.10 Å². The zero-order valence-corrected chi connectivity index (χ0v) is 16.9. The number of ether oxygens (including phenoxy) is 1. The van der Waals surface area contributed by atoms with Crippen molar-refractivity contribution in [2.45, 2.75) is 27.3 Å². The molecule has 2 heterocycles. The summed E-state index contributed by atoms with van der Waals surface area (Å²) in [6, 6.07) is 9.92. The van der Waals surface area contributed by atoms with E-state index in [1.54, 1.807) is 18.3 Å². The number of carbonyl (C=O) groups is 1. The second kappa shape index (κ2) is 9.43. The third-order valence-electron chi connectivity index (χ3n) is 4.39. The second-order valence-corrected chi connectivity index (χ2v) is 6.93. The van der Waals surface area contributed by atoms with Crippen molar-refractivity contribution < 1.29 is 13.9 Å². The van der Waals surface area contributed by atoms with Crippen molar-refractivity contribution in [2.24, 2.45) is 5.92 Å². The zero-order chi connectivity index (χ0) is 20.8. The molecule has 29 heavy (non-hydrogen) atoms. The maximum atomic E-state index is 13.4. The van der Waals surface area contributed by atoms with Crippen molar-refractivity contribution >= 4 is 11.7 Å². The molecule has 0 saturated heterocycles. The smallest absolute Gasteiger partial charge is 0.228 e. The second-order valence-electron chi connectivity index (χ2n) is 6.93. The SMILES string of the molecule is CCOCCn1cc(-c2ccnc(NC(=O)C(C)C)c2)c(-c2ccc(F)cc2)n1. The van der Waals surface area contributed by atoms with E-state index in [1.165, 1.54) is 12.1 Å². The molecule has 1 N–H and O–H groups in total. The number of anilines is 1. The summed E-state index contributed by atoms with van der Waals surface area (Å²) in [4.78, 5) is 16.3. The quantitative estimate of drug-likeness (QED) is 0.574. The molecule has 0 saturated carbocycles. The van der Waals surface area contributed by atoms with Gasteiger partial charge in [0.1, 0.15) is 17.3 Å². The van der Waals surface area contributed by atoms with Gasteiger partial charge in [-0.05, 0) is 48.9 Å². The van der Waals surface area contributed by atoms with Gasteiger partial charge in [0.25, 0.3) is 0 Å². The van der Waals surface area contributed by atoms with Crippen LogP contribution in [-0.4, -0.2) is 33.9 Å². The summed E-state index contributed by atoms with van der Waals surface area (Å²) >= 11 is 0. The third kappa shape index (κ3) is 5.26. The minimum atomic E-state index is -0.298. The van der Waals surface area contributed by atoms with Gasteiger partial charge in [-0.25, -0.2) is 9.37 Å². The van der Waals surface area contributed by atoms with Crippen molar-refractivity contribution in [2.75, 3.05) is 18.5 Å². The van der Waals surface area contributed by atoms with E-state index in [1.807, 2.05) is 43.8 Å². The Morgan fingerprint density at radius 2 is 1.97 bits per heavy atom. The van der Waals surface area contributed by atoms with E-state index in [9.17, 15) is 9.18 Å². The number of hydrogen-bond acceptors (Lipinski definition) is 4. The molecule has 6 nitrogen and oxygen atoms in total. The molecule has 0 spiro atoms. The maximum Gasteiger partial charge on any atom is 0.228 e. The monoisotopic (exact) mass is 396 g/mol. The molecule has 0 aliphatic rings. The normalized spacial score (nSPS) is 11.1. The first-order valence-electron chi connectivity index (χ1n) is 9.66. The van der Waals surface area contributed by atoms with Crippen LogP contribution in [0.25, 0.3) is 22.4 Å². The van der Waals surface area contributed by atoms with E-state index >= 15 is 0 Å². The molecule has 0 aliphatic carbocycles. The lowest BCUT2D eigenvalue weighted by atomic mass is 10.0. The van der Waals surface area contributed by atoms with E-state index in [0.29, 0.717) is 25.6 Å². The van der Waals surface area contributed by atoms with Crippen LogP contribution in [-0.2, 0) is 16.1 Å². The molecule has 0 aliphatic heterocycles. The highest BCUT2D eigenvalue weighted by atomic mass is 19.1. The molecule has 152 valence electrons. The van der Waals surface area contributed by atoms with E-state index in [0.717, 1.165) is 22.4 Å². The Balaban J connectivity index is 1.98. The van der Waals surface area contributed by atoms with Gasteiger partial charge >= 0.3 is 0 Å². The highest BCUT2D eigenvalue weighted by molar-refractivity contribution is 5.92. The Labute approximate surface area is 169 Å². The number of benzene rings is 1. The average molecular weight is 396 g/mol. The van der Waals surface area contributed by atoms with E-state index in [2.05, 4.69) is 15.4 Å². The Morgan fingerprint density at radius 3 is 2.66 bits per heavy atom. The lowest BCUT2D eigenvalue weighted by Gasteiger charge is -2.08. The Hall–Kier alpha value is -3.06. The summed E-state index contributed by atoms with van der Waals surface area (Å²) in [5, 5.41) is 7.50. The number of aromatic nitrogens is 3. The van der Waals surface area contributed by atoms with Crippen LogP contribution < -0.4 is 5.32 Å². The van der Waals surface area contributed by atoms with Gasteiger partial charge in [0.05, 0.1) is 13.2 Å². The van der Waals surface area contributed by atoms with Crippen LogP contribution in [0.2, 0.25) is 0 Å². The van der Waals surface area contributed by atoms with Crippen LogP contribution in [0.1, 0.15) is 20.8 Å². The van der Waals surface area contributed by atoms with E-state index in [-0.39, 0.29) is 17.6 Å². The first kappa shape index (κ1) is 20.7. The number of hydrogen-bond donors (Lipinski definition) is 1. The van der Waals surface area contributed by atoms with Crippen LogP contribution in [0.4, 0.5) is 10.2 Å². The van der Waals surface area contributed by atoms with Gasteiger partial charge in [0.2, 0.25) is 5.91 Å². The standard InChI is InChI=1S/C22H25FN4O2/c1-4-29-12-11-27-14-19(21(26-27)16-5-7-18(23)8-6-16)17-9-10-24-20(13-17)25-22(28)15(2)3/h5-10,13-15H,4,11-12H2,1-3H3,(H,24,25,28). The minimum Gasteiger partial charge on any atom is -0.380 e. The Bertz CT molecular complexity index is 967. The summed E-state index contributed by atoms with van der Waals surface area (Å²) in [5.41, 5.74) is 3.27. The summed E-state index contributed by atoms with van der Waals surface area (Å²) in [6.07, 6.45) is 3.58. The molecular weight excluding hydrogens is 371 g/mol. The molecule has 0 atom stereocenters. The maximum absolute atomic E-state index is 13.4. The van der Waals surface area contributed by atoms with Gasteiger partial charge in [-0.1, -0.05) is 13.8 Å². The molecule has 3 rings (SSSR count). The number of nitrogens with one attached hydrogen (secondary N) is 1. The van der Waals surface area contributed by atoms with Crippen molar-refractivity contribution in [3.05, 3.63) is 54.6 Å². The first-order valence-corrected chi connectivity index (χ1v) is 9.66. The Morgan fingerprint density at radius 1 is 1.21 bits per heavy atom. The molecule has 7 heteroatoms. The van der Waals surface area contributed by atoms with Crippen LogP contribution in [0.5, 0.6) is 0 Å². The number of amides is 1. The van der Waals surface area contributed by atoms with Crippen LogP contribution in [0.3, 0.4) is 0 Å². The number of pyridine rings is 1. The molecule has 0 unspecified atom stereocenters. The fraction of sp³-hybridized carbons (Fsp3) is 0.318. The summed E-state index contributed by atoms with van der Waals surface area (Å²) in [5.74, 6) is -0.0561. The van der Waals surface area contributed by atoms with Crippen LogP contribution in [0, 0.1) is 11.7 Å². The molecule has 2 aromatic heterocycles. The fourth-order valence-electron chi connectivity index (χ4n) is 2.81. The predicted octanol–water partition coefficient (Wildman–Crippen LogP) is 4.38. The average Bonchev–Trinajstić information content (AvgIpc) is 3.13. The van der Waals surface area contributed by atoms with Crippen LogP contribution in [0.15, 0.2) is 48.8 Å². The van der Waals surface area contributed by atoms with Crippen molar-refractivity contribution in [3.8, 4) is 22.4 Å². The Kier molecular flexibility index (Phi) is 6.72. The summed E-state index contributed by atoms with van der Waals surface area (Å²) in [6.45, 7) is 7.39. The van der Waals surface area contributed by atoms with Gasteiger partial charge in [0, 0.05) is 36.0 Å². The molecule has 1 aromatic carbocycles. The molecule has 1 amide bonds. The van der Waals surface area contributed by atoms with Crippen molar-refractivity contribution in [3.63, 3.8) is 0 Å². The summed E-state index contributed by atoms with van der Waals surface area (Å²) < 4.78 is 20.6. The highest BCUT2D eigenvalue weighted by Crippen LogP contribution is 2.32. The van der Waals surface area contributed by atoms with Gasteiger partial charge in [0.15, 0.2) is 0 Å². The lowest BCUT2D eigenvalue weighted by Crippen LogP contribution is -2.18. The number of nitrogens with zero attached hydrogens (tertiary/aromatic N) is 3.